The van der Waals surface area contributed by atoms with Crippen LogP contribution in [0.2, 0.25) is 0 Å². The van der Waals surface area contributed by atoms with E-state index in [-0.39, 0.29) is 5.75 Å². The molecule has 0 unspecified atom stereocenters. The van der Waals surface area contributed by atoms with Gasteiger partial charge in [0.1, 0.15) is 16.9 Å². The Morgan fingerprint density at radius 1 is 0.821 bits per heavy atom. The highest BCUT2D eigenvalue weighted by Crippen LogP contribution is 2.44. The molecule has 28 heavy (non-hydrogen) atoms. The molecule has 0 saturated carbocycles. The Morgan fingerprint density at radius 2 is 1.36 bits per heavy atom. The number of benzene rings is 3. The van der Waals surface area contributed by atoms with Crippen molar-refractivity contribution in [3.8, 4) is 5.75 Å². The molecule has 3 nitrogen and oxygen atoms in total. The highest BCUT2D eigenvalue weighted by molar-refractivity contribution is 14.1. The van der Waals surface area contributed by atoms with Crippen molar-refractivity contribution >= 4 is 89.1 Å². The van der Waals surface area contributed by atoms with Gasteiger partial charge in [0.15, 0.2) is 11.2 Å². The first-order valence-corrected chi connectivity index (χ1v) is 10.3. The van der Waals surface area contributed by atoms with Crippen LogP contribution >= 0.6 is 45.2 Å². The second-order valence-electron chi connectivity index (χ2n) is 6.45. The molecule has 2 heterocycles. The average molecular weight is 608 g/mol. The molecule has 8 heteroatoms. The van der Waals surface area contributed by atoms with Crippen LogP contribution in [-0.2, 0) is 0 Å². The Bertz CT molecular complexity index is 1410. The highest BCUT2D eigenvalue weighted by atomic mass is 127. The molecule has 5 aromatic rings. The fourth-order valence-corrected chi connectivity index (χ4v) is 5.28. The summed E-state index contributed by atoms with van der Waals surface area (Å²) in [4.78, 5) is 0. The monoisotopic (exact) mass is 608 g/mol. The van der Waals surface area contributed by atoms with Gasteiger partial charge in [-0.25, -0.2) is 0 Å². The SMILES string of the molecule is Cc1ccc2c(c1)oc1c(I)c3c(oc4cc(OC(F)(F)F)ccc43)c(I)c12. The lowest BCUT2D eigenvalue weighted by molar-refractivity contribution is -0.274. The number of hydrogen-bond acceptors (Lipinski definition) is 3. The first kappa shape index (κ1) is 18.3. The van der Waals surface area contributed by atoms with Gasteiger partial charge in [-0.2, -0.15) is 0 Å². The standard InChI is InChI=1S/C20H9F3I2O3/c1-8-2-4-10-12(6-8)26-18-14(10)16(24)19-15(17(18)25)11-5-3-9(7-13(11)27-19)28-20(21,22)23/h2-7H,1H3. The molecule has 5 rings (SSSR count). The van der Waals surface area contributed by atoms with Gasteiger partial charge in [0, 0.05) is 27.6 Å². The van der Waals surface area contributed by atoms with E-state index in [1.807, 2.05) is 25.1 Å². The van der Waals surface area contributed by atoms with E-state index in [9.17, 15) is 13.2 Å². The summed E-state index contributed by atoms with van der Waals surface area (Å²) >= 11 is 4.41. The molecule has 0 atom stereocenters. The van der Waals surface area contributed by atoms with E-state index in [1.54, 1.807) is 6.07 Å². The molecule has 0 aliphatic heterocycles. The van der Waals surface area contributed by atoms with E-state index in [2.05, 4.69) is 49.9 Å². The van der Waals surface area contributed by atoms with Crippen molar-refractivity contribution in [2.24, 2.45) is 0 Å². The maximum absolute atomic E-state index is 12.5. The molecule has 0 amide bonds. The van der Waals surface area contributed by atoms with Crippen LogP contribution in [0, 0.1) is 14.1 Å². The number of ether oxygens (including phenoxy) is 1. The Morgan fingerprint density at radius 3 is 1.93 bits per heavy atom. The van der Waals surface area contributed by atoms with Crippen molar-refractivity contribution < 1.29 is 26.7 Å². The first-order chi connectivity index (χ1) is 13.2. The molecular weight excluding hydrogens is 599 g/mol. The Kier molecular flexibility index (Phi) is 4.03. The van der Waals surface area contributed by atoms with Gasteiger partial charge in [0.25, 0.3) is 0 Å². The fourth-order valence-electron chi connectivity index (χ4n) is 3.45. The van der Waals surface area contributed by atoms with Crippen LogP contribution in [0.3, 0.4) is 0 Å². The van der Waals surface area contributed by atoms with Crippen molar-refractivity contribution in [1.82, 2.24) is 0 Å². The summed E-state index contributed by atoms with van der Waals surface area (Å²) in [6, 6.07) is 10.2. The van der Waals surface area contributed by atoms with E-state index >= 15 is 0 Å². The molecule has 0 radical (unpaired) electrons. The smallest absolute Gasteiger partial charge is 0.455 e. The zero-order valence-electron chi connectivity index (χ0n) is 14.1. The van der Waals surface area contributed by atoms with Gasteiger partial charge in [-0.05, 0) is 75.9 Å². The largest absolute Gasteiger partial charge is 0.573 e. The minimum atomic E-state index is -4.75. The summed E-state index contributed by atoms with van der Waals surface area (Å²) in [5.74, 6) is -0.311. The van der Waals surface area contributed by atoms with Crippen molar-refractivity contribution in [3.05, 3.63) is 49.1 Å². The van der Waals surface area contributed by atoms with E-state index in [4.69, 9.17) is 8.83 Å². The normalized spacial score (nSPS) is 12.6. The lowest BCUT2D eigenvalue weighted by Gasteiger charge is -2.07. The third-order valence-corrected chi connectivity index (χ3v) is 6.64. The molecule has 0 spiro atoms. The second kappa shape index (κ2) is 6.15. The van der Waals surface area contributed by atoms with Gasteiger partial charge in [0.05, 0.1) is 7.14 Å². The van der Waals surface area contributed by atoms with Crippen LogP contribution in [0.4, 0.5) is 13.2 Å². The lowest BCUT2D eigenvalue weighted by Crippen LogP contribution is -2.16. The van der Waals surface area contributed by atoms with Gasteiger partial charge >= 0.3 is 6.36 Å². The van der Waals surface area contributed by atoms with E-state index in [0.717, 1.165) is 40.0 Å². The third-order valence-electron chi connectivity index (χ3n) is 4.58. The van der Waals surface area contributed by atoms with E-state index in [1.165, 1.54) is 12.1 Å². The molecule has 0 fully saturated rings. The predicted molar refractivity (Wildman–Crippen MR) is 118 cm³/mol. The predicted octanol–water partition coefficient (Wildman–Crippen LogP) is 7.90. The zero-order chi connectivity index (χ0) is 19.8. The van der Waals surface area contributed by atoms with Crippen LogP contribution < -0.4 is 4.74 Å². The number of fused-ring (bicyclic) bond motifs is 6. The number of furan rings is 2. The summed E-state index contributed by atoms with van der Waals surface area (Å²) in [6.07, 6.45) is -4.75. The van der Waals surface area contributed by atoms with Crippen molar-refractivity contribution in [3.63, 3.8) is 0 Å². The van der Waals surface area contributed by atoms with Gasteiger partial charge in [-0.1, -0.05) is 12.1 Å². The molecule has 0 aliphatic carbocycles. The number of rotatable bonds is 1. The summed E-state index contributed by atoms with van der Waals surface area (Å²) < 4.78 is 55.4. The number of hydrogen-bond donors (Lipinski definition) is 0. The molecule has 0 saturated heterocycles. The molecule has 0 bridgehead atoms. The van der Waals surface area contributed by atoms with Gasteiger partial charge in [-0.15, -0.1) is 13.2 Å². The Labute approximate surface area is 183 Å². The number of aryl methyl sites for hydroxylation is 1. The summed E-state index contributed by atoms with van der Waals surface area (Å²) in [6.45, 7) is 2.00. The maximum atomic E-state index is 12.5. The first-order valence-electron chi connectivity index (χ1n) is 8.15. The minimum absolute atomic E-state index is 0.311. The average Bonchev–Trinajstić information content (AvgIpc) is 3.16. The van der Waals surface area contributed by atoms with E-state index in [0.29, 0.717) is 16.6 Å². The lowest BCUT2D eigenvalue weighted by atomic mass is 10.1. The van der Waals surface area contributed by atoms with Crippen molar-refractivity contribution in [1.29, 1.82) is 0 Å². The highest BCUT2D eigenvalue weighted by Gasteiger charge is 2.31. The van der Waals surface area contributed by atoms with Crippen LogP contribution in [-0.4, -0.2) is 6.36 Å². The topological polar surface area (TPSA) is 35.5 Å². The molecule has 2 aromatic heterocycles. The fraction of sp³-hybridized carbons (Fsp3) is 0.100. The zero-order valence-corrected chi connectivity index (χ0v) is 18.4. The Hall–Kier alpha value is -1.69. The van der Waals surface area contributed by atoms with Gasteiger partial charge in [-0.3, -0.25) is 0 Å². The summed E-state index contributed by atoms with van der Waals surface area (Å²) in [5, 5.41) is 3.46. The van der Waals surface area contributed by atoms with Crippen molar-refractivity contribution in [2.75, 3.05) is 0 Å². The maximum Gasteiger partial charge on any atom is 0.573 e. The summed E-state index contributed by atoms with van der Waals surface area (Å²) in [7, 11) is 0. The van der Waals surface area contributed by atoms with Crippen LogP contribution in [0.5, 0.6) is 5.75 Å². The van der Waals surface area contributed by atoms with Crippen LogP contribution in [0.25, 0.3) is 43.9 Å². The molecule has 3 aromatic carbocycles. The minimum Gasteiger partial charge on any atom is -0.455 e. The number of alkyl halides is 3. The van der Waals surface area contributed by atoms with E-state index < -0.39 is 6.36 Å². The molecular formula is C20H9F3I2O3. The molecule has 0 N–H and O–H groups in total. The molecule has 0 aliphatic rings. The number of halogens is 5. The summed E-state index contributed by atoms with van der Waals surface area (Å²) in [5.41, 5.74) is 3.60. The Balaban J connectivity index is 1.86. The van der Waals surface area contributed by atoms with Gasteiger partial charge < -0.3 is 13.6 Å². The van der Waals surface area contributed by atoms with Crippen LogP contribution in [0.15, 0.2) is 45.2 Å². The third kappa shape index (κ3) is 2.75. The second-order valence-corrected chi connectivity index (χ2v) is 8.60. The van der Waals surface area contributed by atoms with Crippen LogP contribution in [0.1, 0.15) is 5.56 Å². The quantitative estimate of drug-likeness (QED) is 0.182. The van der Waals surface area contributed by atoms with Crippen molar-refractivity contribution in [2.45, 2.75) is 13.3 Å². The molecule has 142 valence electrons. The van der Waals surface area contributed by atoms with Gasteiger partial charge in [0.2, 0.25) is 0 Å².